The van der Waals surface area contributed by atoms with Gasteiger partial charge in [-0.3, -0.25) is 0 Å². The fourth-order valence-corrected chi connectivity index (χ4v) is 2.76. The van der Waals surface area contributed by atoms with E-state index >= 15 is 0 Å². The quantitative estimate of drug-likeness (QED) is 0.811. The van der Waals surface area contributed by atoms with Crippen LogP contribution >= 0.6 is 15.9 Å². The molecule has 1 aliphatic heterocycles. The van der Waals surface area contributed by atoms with E-state index in [0.717, 1.165) is 6.54 Å². The number of piperidine rings is 1. The average Bonchev–Trinajstić information content (AvgIpc) is 2.18. The Labute approximate surface area is 94.0 Å². The molecule has 0 saturated carbocycles. The third-order valence-electron chi connectivity index (χ3n) is 2.83. The average molecular weight is 254 g/mol. The standard InChI is InChI=1S/C12H16BrN/c1-9-5-11(7-12(13)6-9)10-3-2-4-14-8-10/h5-7,10,14H,2-4,8H2,1H3. The molecule has 14 heavy (non-hydrogen) atoms. The Hall–Kier alpha value is -0.340. The Bertz CT molecular complexity index is 296. The number of aryl methyl sites for hydroxylation is 1. The van der Waals surface area contributed by atoms with E-state index in [1.54, 1.807) is 0 Å². The van der Waals surface area contributed by atoms with Crippen molar-refractivity contribution < 1.29 is 0 Å². The van der Waals surface area contributed by atoms with Crippen LogP contribution in [-0.4, -0.2) is 13.1 Å². The second-order valence-electron chi connectivity index (χ2n) is 4.11. The molecule has 0 aliphatic carbocycles. The molecular weight excluding hydrogens is 238 g/mol. The van der Waals surface area contributed by atoms with Gasteiger partial charge in [0, 0.05) is 11.0 Å². The highest BCUT2D eigenvalue weighted by Gasteiger charge is 2.15. The molecule has 0 spiro atoms. The molecule has 1 fully saturated rings. The van der Waals surface area contributed by atoms with Crippen molar-refractivity contribution in [2.75, 3.05) is 13.1 Å². The maximum absolute atomic E-state index is 3.56. The Morgan fingerprint density at radius 1 is 1.36 bits per heavy atom. The molecule has 0 radical (unpaired) electrons. The Morgan fingerprint density at radius 3 is 2.86 bits per heavy atom. The molecule has 1 N–H and O–H groups in total. The number of hydrogen-bond acceptors (Lipinski definition) is 1. The summed E-state index contributed by atoms with van der Waals surface area (Å²) in [5.41, 5.74) is 2.82. The SMILES string of the molecule is Cc1cc(Br)cc(C2CCCNC2)c1. The maximum Gasteiger partial charge on any atom is 0.0180 e. The minimum Gasteiger partial charge on any atom is -0.316 e. The molecule has 1 heterocycles. The van der Waals surface area contributed by atoms with Crippen LogP contribution in [0.1, 0.15) is 29.9 Å². The maximum atomic E-state index is 3.56. The van der Waals surface area contributed by atoms with Gasteiger partial charge in [0.05, 0.1) is 0 Å². The summed E-state index contributed by atoms with van der Waals surface area (Å²) in [6.45, 7) is 4.48. The summed E-state index contributed by atoms with van der Waals surface area (Å²) in [7, 11) is 0. The molecule has 1 aromatic carbocycles. The monoisotopic (exact) mass is 253 g/mol. The van der Waals surface area contributed by atoms with Crippen LogP contribution < -0.4 is 5.32 Å². The molecule has 76 valence electrons. The van der Waals surface area contributed by atoms with Gasteiger partial charge in [-0.2, -0.15) is 0 Å². The Kier molecular flexibility index (Phi) is 3.24. The van der Waals surface area contributed by atoms with Crippen LogP contribution in [0.4, 0.5) is 0 Å². The minimum atomic E-state index is 0.708. The number of hydrogen-bond donors (Lipinski definition) is 1. The summed E-state index contributed by atoms with van der Waals surface area (Å²) in [5, 5.41) is 3.46. The molecule has 1 unspecified atom stereocenters. The van der Waals surface area contributed by atoms with E-state index in [1.165, 1.54) is 35.0 Å². The molecule has 0 aromatic heterocycles. The van der Waals surface area contributed by atoms with E-state index in [9.17, 15) is 0 Å². The van der Waals surface area contributed by atoms with Crippen LogP contribution in [0.5, 0.6) is 0 Å². The molecule has 1 atom stereocenters. The van der Waals surface area contributed by atoms with Gasteiger partial charge in [-0.05, 0) is 55.5 Å². The van der Waals surface area contributed by atoms with Gasteiger partial charge in [0.2, 0.25) is 0 Å². The van der Waals surface area contributed by atoms with Crippen molar-refractivity contribution in [3.63, 3.8) is 0 Å². The summed E-state index contributed by atoms with van der Waals surface area (Å²) in [5.74, 6) is 0.708. The van der Waals surface area contributed by atoms with Crippen molar-refractivity contribution in [3.8, 4) is 0 Å². The summed E-state index contributed by atoms with van der Waals surface area (Å²) >= 11 is 3.56. The van der Waals surface area contributed by atoms with Gasteiger partial charge in [0.1, 0.15) is 0 Å². The first-order chi connectivity index (χ1) is 6.75. The van der Waals surface area contributed by atoms with Crippen molar-refractivity contribution in [2.45, 2.75) is 25.7 Å². The van der Waals surface area contributed by atoms with Gasteiger partial charge in [-0.25, -0.2) is 0 Å². The van der Waals surface area contributed by atoms with Gasteiger partial charge >= 0.3 is 0 Å². The fourth-order valence-electron chi connectivity index (χ4n) is 2.14. The van der Waals surface area contributed by atoms with Gasteiger partial charge in [-0.1, -0.05) is 22.0 Å². The molecule has 2 heteroatoms. The van der Waals surface area contributed by atoms with Crippen LogP contribution in [-0.2, 0) is 0 Å². The Balaban J connectivity index is 2.21. The lowest BCUT2D eigenvalue weighted by Gasteiger charge is -2.23. The molecule has 0 bridgehead atoms. The van der Waals surface area contributed by atoms with E-state index in [-0.39, 0.29) is 0 Å². The first-order valence-corrected chi connectivity index (χ1v) is 6.03. The number of rotatable bonds is 1. The lowest BCUT2D eigenvalue weighted by atomic mass is 9.91. The molecule has 1 aromatic rings. The molecule has 1 aliphatic rings. The third-order valence-corrected chi connectivity index (χ3v) is 3.29. The van der Waals surface area contributed by atoms with Crippen LogP contribution in [0.2, 0.25) is 0 Å². The van der Waals surface area contributed by atoms with E-state index in [0.29, 0.717) is 5.92 Å². The molecule has 1 saturated heterocycles. The highest BCUT2D eigenvalue weighted by Crippen LogP contribution is 2.26. The van der Waals surface area contributed by atoms with Crippen LogP contribution in [0.25, 0.3) is 0 Å². The number of benzene rings is 1. The van der Waals surface area contributed by atoms with Crippen molar-refractivity contribution in [2.24, 2.45) is 0 Å². The predicted molar refractivity (Wildman–Crippen MR) is 63.7 cm³/mol. The number of halogens is 1. The summed E-state index contributed by atoms with van der Waals surface area (Å²) in [6.07, 6.45) is 2.62. The Morgan fingerprint density at radius 2 is 2.21 bits per heavy atom. The smallest absolute Gasteiger partial charge is 0.0180 e. The van der Waals surface area contributed by atoms with Crippen molar-refractivity contribution in [1.29, 1.82) is 0 Å². The van der Waals surface area contributed by atoms with Gasteiger partial charge in [0.15, 0.2) is 0 Å². The lowest BCUT2D eigenvalue weighted by Crippen LogP contribution is -2.28. The summed E-state index contributed by atoms with van der Waals surface area (Å²) in [4.78, 5) is 0. The zero-order chi connectivity index (χ0) is 9.97. The first-order valence-electron chi connectivity index (χ1n) is 5.23. The highest BCUT2D eigenvalue weighted by molar-refractivity contribution is 9.10. The van der Waals surface area contributed by atoms with Crippen LogP contribution in [0.15, 0.2) is 22.7 Å². The topological polar surface area (TPSA) is 12.0 Å². The third kappa shape index (κ3) is 2.37. The molecule has 0 amide bonds. The second-order valence-corrected chi connectivity index (χ2v) is 5.02. The highest BCUT2D eigenvalue weighted by atomic mass is 79.9. The minimum absolute atomic E-state index is 0.708. The largest absolute Gasteiger partial charge is 0.316 e. The normalized spacial score (nSPS) is 22.3. The van der Waals surface area contributed by atoms with E-state index in [4.69, 9.17) is 0 Å². The molecule has 1 nitrogen and oxygen atoms in total. The first kappa shape index (κ1) is 10.2. The van der Waals surface area contributed by atoms with Gasteiger partial charge < -0.3 is 5.32 Å². The van der Waals surface area contributed by atoms with E-state index in [2.05, 4.69) is 46.4 Å². The van der Waals surface area contributed by atoms with Crippen molar-refractivity contribution in [1.82, 2.24) is 5.32 Å². The molecular formula is C12H16BrN. The van der Waals surface area contributed by atoms with Gasteiger partial charge in [0.25, 0.3) is 0 Å². The zero-order valence-electron chi connectivity index (χ0n) is 8.52. The predicted octanol–water partition coefficient (Wildman–Crippen LogP) is 3.22. The summed E-state index contributed by atoms with van der Waals surface area (Å²) in [6, 6.07) is 6.73. The van der Waals surface area contributed by atoms with Crippen LogP contribution in [0, 0.1) is 6.92 Å². The zero-order valence-corrected chi connectivity index (χ0v) is 10.1. The second kappa shape index (κ2) is 4.45. The van der Waals surface area contributed by atoms with Gasteiger partial charge in [-0.15, -0.1) is 0 Å². The lowest BCUT2D eigenvalue weighted by molar-refractivity contribution is 0.461. The van der Waals surface area contributed by atoms with Crippen molar-refractivity contribution in [3.05, 3.63) is 33.8 Å². The van der Waals surface area contributed by atoms with E-state index in [1.807, 2.05) is 0 Å². The van der Waals surface area contributed by atoms with Crippen molar-refractivity contribution >= 4 is 15.9 Å². The molecule has 2 rings (SSSR count). The summed E-state index contributed by atoms with van der Waals surface area (Å²) < 4.78 is 1.21. The van der Waals surface area contributed by atoms with Crippen LogP contribution in [0.3, 0.4) is 0 Å². The number of nitrogens with one attached hydrogen (secondary N) is 1. The van der Waals surface area contributed by atoms with E-state index < -0.39 is 0 Å². The fraction of sp³-hybridized carbons (Fsp3) is 0.500.